The van der Waals surface area contributed by atoms with Crippen LogP contribution in [0.25, 0.3) is 0 Å². The summed E-state index contributed by atoms with van der Waals surface area (Å²) in [6.45, 7) is 4.50. The van der Waals surface area contributed by atoms with E-state index in [9.17, 15) is 0 Å². The Morgan fingerprint density at radius 3 is 2.89 bits per heavy atom. The van der Waals surface area contributed by atoms with E-state index in [0.717, 1.165) is 30.5 Å². The zero-order chi connectivity index (χ0) is 13.0. The highest BCUT2D eigenvalue weighted by Crippen LogP contribution is 2.36. The summed E-state index contributed by atoms with van der Waals surface area (Å²) in [5.41, 5.74) is 0. The molecule has 3 atom stereocenters. The minimum atomic E-state index is 0.450. The lowest BCUT2D eigenvalue weighted by Crippen LogP contribution is -2.27. The lowest BCUT2D eigenvalue weighted by Gasteiger charge is -2.11. The maximum atomic E-state index is 5.39. The van der Waals surface area contributed by atoms with Crippen LogP contribution in [0, 0.1) is 5.92 Å². The Labute approximate surface area is 110 Å². The van der Waals surface area contributed by atoms with Crippen LogP contribution in [0.5, 0.6) is 0 Å². The fourth-order valence-corrected chi connectivity index (χ4v) is 2.87. The normalized spacial score (nSPS) is 25.5. The second kappa shape index (κ2) is 6.32. The van der Waals surface area contributed by atoms with Gasteiger partial charge in [0.1, 0.15) is 0 Å². The van der Waals surface area contributed by atoms with Gasteiger partial charge in [-0.3, -0.25) is 0 Å². The van der Waals surface area contributed by atoms with Crippen LogP contribution in [0.2, 0.25) is 0 Å². The molecule has 1 aliphatic rings. The fraction of sp³-hybridized carbons (Fsp3) is 0.857. The van der Waals surface area contributed by atoms with Crippen molar-refractivity contribution in [1.29, 1.82) is 0 Å². The van der Waals surface area contributed by atoms with Gasteiger partial charge in [0.05, 0.1) is 0 Å². The number of hydrogen-bond donors (Lipinski definition) is 1. The lowest BCUT2D eigenvalue weighted by atomic mass is 10.1. The molecule has 0 aliphatic heterocycles. The van der Waals surface area contributed by atoms with Gasteiger partial charge in [-0.2, -0.15) is 4.98 Å². The third kappa shape index (κ3) is 3.31. The number of nitrogens with zero attached hydrogens (tertiary/aromatic N) is 2. The van der Waals surface area contributed by atoms with Gasteiger partial charge in [0, 0.05) is 18.4 Å². The van der Waals surface area contributed by atoms with Crippen molar-refractivity contribution in [2.24, 2.45) is 5.92 Å². The minimum Gasteiger partial charge on any atom is -0.339 e. The molecule has 3 unspecified atom stereocenters. The first-order chi connectivity index (χ1) is 8.72. The molecule has 1 fully saturated rings. The summed E-state index contributed by atoms with van der Waals surface area (Å²) in [6, 6.07) is 0.450. The quantitative estimate of drug-likeness (QED) is 0.844. The van der Waals surface area contributed by atoms with Crippen molar-refractivity contribution in [2.45, 2.75) is 64.3 Å². The standard InChI is InChI=1S/C14H25N3O/c1-4-5-12(15-3)9-13-16-14(17-18-13)11-7-6-10(2)8-11/h10-12,15H,4-9H2,1-3H3. The predicted octanol–water partition coefficient (Wildman–Crippen LogP) is 2.90. The van der Waals surface area contributed by atoms with Crippen LogP contribution >= 0.6 is 0 Å². The summed E-state index contributed by atoms with van der Waals surface area (Å²) in [4.78, 5) is 4.58. The fourth-order valence-electron chi connectivity index (χ4n) is 2.87. The van der Waals surface area contributed by atoms with Gasteiger partial charge in [-0.25, -0.2) is 0 Å². The van der Waals surface area contributed by atoms with Crippen LogP contribution in [0.4, 0.5) is 0 Å². The van der Waals surface area contributed by atoms with Crippen LogP contribution in [0.1, 0.15) is 63.6 Å². The molecule has 0 saturated heterocycles. The Bertz CT molecular complexity index is 364. The topological polar surface area (TPSA) is 51.0 Å². The smallest absolute Gasteiger partial charge is 0.228 e. The van der Waals surface area contributed by atoms with Gasteiger partial charge >= 0.3 is 0 Å². The molecule has 4 heteroatoms. The van der Waals surface area contributed by atoms with Crippen molar-refractivity contribution in [3.8, 4) is 0 Å². The summed E-state index contributed by atoms with van der Waals surface area (Å²) in [5, 5.41) is 7.48. The summed E-state index contributed by atoms with van der Waals surface area (Å²) in [7, 11) is 2.00. The van der Waals surface area contributed by atoms with Crippen LogP contribution in [-0.2, 0) is 6.42 Å². The molecule has 1 aromatic heterocycles. The van der Waals surface area contributed by atoms with Crippen molar-refractivity contribution < 1.29 is 4.52 Å². The Balaban J connectivity index is 1.93. The van der Waals surface area contributed by atoms with Crippen LogP contribution in [0.3, 0.4) is 0 Å². The lowest BCUT2D eigenvalue weighted by molar-refractivity contribution is 0.349. The van der Waals surface area contributed by atoms with Crippen molar-refractivity contribution in [3.05, 3.63) is 11.7 Å². The van der Waals surface area contributed by atoms with Gasteiger partial charge in [0.25, 0.3) is 0 Å². The highest BCUT2D eigenvalue weighted by molar-refractivity contribution is 4.99. The summed E-state index contributed by atoms with van der Waals surface area (Å²) >= 11 is 0. The van der Waals surface area contributed by atoms with Gasteiger partial charge in [-0.15, -0.1) is 0 Å². The van der Waals surface area contributed by atoms with Crippen molar-refractivity contribution in [1.82, 2.24) is 15.5 Å². The van der Waals surface area contributed by atoms with E-state index in [1.807, 2.05) is 7.05 Å². The molecule has 102 valence electrons. The summed E-state index contributed by atoms with van der Waals surface area (Å²) < 4.78 is 5.39. The predicted molar refractivity (Wildman–Crippen MR) is 71.5 cm³/mol. The van der Waals surface area contributed by atoms with Crippen molar-refractivity contribution >= 4 is 0 Å². The summed E-state index contributed by atoms with van der Waals surface area (Å²) in [6.07, 6.45) is 6.89. The molecule has 2 rings (SSSR count). The van der Waals surface area contributed by atoms with Gasteiger partial charge in [0.2, 0.25) is 5.89 Å². The maximum absolute atomic E-state index is 5.39. The van der Waals surface area contributed by atoms with E-state index in [1.165, 1.54) is 25.7 Å². The van der Waals surface area contributed by atoms with Crippen LogP contribution in [0.15, 0.2) is 4.52 Å². The molecule has 1 aromatic rings. The van der Waals surface area contributed by atoms with E-state index < -0.39 is 0 Å². The third-order valence-electron chi connectivity index (χ3n) is 4.01. The molecule has 0 bridgehead atoms. The largest absolute Gasteiger partial charge is 0.339 e. The van der Waals surface area contributed by atoms with E-state index in [1.54, 1.807) is 0 Å². The molecule has 0 amide bonds. The van der Waals surface area contributed by atoms with Gasteiger partial charge < -0.3 is 9.84 Å². The first kappa shape index (κ1) is 13.5. The van der Waals surface area contributed by atoms with Gasteiger partial charge in [0.15, 0.2) is 5.82 Å². The Morgan fingerprint density at radius 1 is 1.44 bits per heavy atom. The number of hydrogen-bond acceptors (Lipinski definition) is 4. The van der Waals surface area contributed by atoms with E-state index in [4.69, 9.17) is 4.52 Å². The van der Waals surface area contributed by atoms with Crippen LogP contribution < -0.4 is 5.32 Å². The van der Waals surface area contributed by atoms with Gasteiger partial charge in [-0.1, -0.05) is 25.4 Å². The highest BCUT2D eigenvalue weighted by Gasteiger charge is 2.27. The average molecular weight is 251 g/mol. The first-order valence-corrected chi connectivity index (χ1v) is 7.22. The molecule has 0 aromatic carbocycles. The number of likely N-dealkylation sites (N-methyl/N-ethyl adjacent to an activating group) is 1. The van der Waals surface area contributed by atoms with Crippen molar-refractivity contribution in [3.63, 3.8) is 0 Å². The molecule has 1 N–H and O–H groups in total. The molecule has 0 spiro atoms. The molecule has 1 heterocycles. The van der Waals surface area contributed by atoms with Gasteiger partial charge in [-0.05, 0) is 38.6 Å². The average Bonchev–Trinajstić information content (AvgIpc) is 2.97. The molecular weight excluding hydrogens is 226 g/mol. The molecular formula is C14H25N3O. The second-order valence-corrected chi connectivity index (χ2v) is 5.64. The maximum Gasteiger partial charge on any atom is 0.228 e. The molecule has 1 aliphatic carbocycles. The Kier molecular flexibility index (Phi) is 4.75. The monoisotopic (exact) mass is 251 g/mol. The number of aromatic nitrogens is 2. The van der Waals surface area contributed by atoms with E-state index >= 15 is 0 Å². The molecule has 0 radical (unpaired) electrons. The number of rotatable bonds is 6. The Morgan fingerprint density at radius 2 is 2.28 bits per heavy atom. The molecule has 4 nitrogen and oxygen atoms in total. The van der Waals surface area contributed by atoms with Crippen molar-refractivity contribution in [2.75, 3.05) is 7.05 Å². The highest BCUT2D eigenvalue weighted by atomic mass is 16.5. The zero-order valence-electron chi connectivity index (χ0n) is 11.8. The number of nitrogens with one attached hydrogen (secondary N) is 1. The Hall–Kier alpha value is -0.900. The SMILES string of the molecule is CCCC(Cc1nc(C2CCC(C)C2)no1)NC. The van der Waals surface area contributed by atoms with E-state index in [2.05, 4.69) is 29.3 Å². The summed E-state index contributed by atoms with van der Waals surface area (Å²) in [5.74, 6) is 3.05. The third-order valence-corrected chi connectivity index (χ3v) is 4.01. The minimum absolute atomic E-state index is 0.450. The van der Waals surface area contributed by atoms with E-state index in [0.29, 0.717) is 12.0 Å². The van der Waals surface area contributed by atoms with Crippen LogP contribution in [-0.4, -0.2) is 23.2 Å². The molecule has 1 saturated carbocycles. The molecule has 18 heavy (non-hydrogen) atoms. The first-order valence-electron chi connectivity index (χ1n) is 7.22. The second-order valence-electron chi connectivity index (χ2n) is 5.64. The zero-order valence-corrected chi connectivity index (χ0v) is 11.8. The van der Waals surface area contributed by atoms with E-state index in [-0.39, 0.29) is 0 Å².